The molecule has 29 heavy (non-hydrogen) atoms. The van der Waals surface area contributed by atoms with Crippen molar-refractivity contribution in [3.63, 3.8) is 0 Å². The van der Waals surface area contributed by atoms with E-state index in [1.807, 2.05) is 29.2 Å². The van der Waals surface area contributed by atoms with Crippen LogP contribution < -0.4 is 5.32 Å². The van der Waals surface area contributed by atoms with Crippen LogP contribution in [0.25, 0.3) is 0 Å². The van der Waals surface area contributed by atoms with E-state index in [1.54, 1.807) is 0 Å². The molecule has 2 aromatic carbocycles. The lowest BCUT2D eigenvalue weighted by Gasteiger charge is -2.29. The van der Waals surface area contributed by atoms with Gasteiger partial charge in [-0.25, -0.2) is 0 Å². The number of carbonyl (C=O) groups is 2. The third-order valence-electron chi connectivity index (χ3n) is 6.29. The molecule has 2 amide bonds. The number of hydrogen-bond acceptors (Lipinski definition) is 2. The molecule has 152 valence electrons. The zero-order valence-corrected chi connectivity index (χ0v) is 17.2. The predicted molar refractivity (Wildman–Crippen MR) is 114 cm³/mol. The van der Waals surface area contributed by atoms with Gasteiger partial charge in [-0.3, -0.25) is 9.59 Å². The number of aryl methyl sites for hydroxylation is 1. The summed E-state index contributed by atoms with van der Waals surface area (Å²) < 4.78 is 0. The van der Waals surface area contributed by atoms with Gasteiger partial charge in [-0.2, -0.15) is 0 Å². The number of nitrogens with zero attached hydrogens (tertiary/aromatic N) is 1. The Morgan fingerprint density at radius 2 is 1.72 bits per heavy atom. The lowest BCUT2D eigenvalue weighted by molar-refractivity contribution is -0.123. The molecule has 0 bridgehead atoms. The summed E-state index contributed by atoms with van der Waals surface area (Å²) in [4.78, 5) is 27.9. The molecule has 0 spiro atoms. The van der Waals surface area contributed by atoms with E-state index >= 15 is 0 Å². The van der Waals surface area contributed by atoms with Crippen molar-refractivity contribution < 1.29 is 9.59 Å². The number of rotatable bonds is 5. The van der Waals surface area contributed by atoms with Crippen LogP contribution in [0.15, 0.2) is 48.5 Å². The van der Waals surface area contributed by atoms with Gasteiger partial charge >= 0.3 is 0 Å². The third-order valence-corrected chi connectivity index (χ3v) is 6.29. The summed E-state index contributed by atoms with van der Waals surface area (Å²) in [6.45, 7) is 2.61. The molecule has 0 saturated heterocycles. The number of carbonyl (C=O) groups excluding carboxylic acids is 2. The lowest BCUT2D eigenvalue weighted by atomic mass is 9.99. The van der Waals surface area contributed by atoms with Crippen LogP contribution in [0.3, 0.4) is 0 Å². The van der Waals surface area contributed by atoms with Crippen molar-refractivity contribution in [2.24, 2.45) is 0 Å². The summed E-state index contributed by atoms with van der Waals surface area (Å²) in [7, 11) is 0. The van der Waals surface area contributed by atoms with E-state index in [1.165, 1.54) is 31.2 Å². The van der Waals surface area contributed by atoms with Crippen molar-refractivity contribution in [2.75, 3.05) is 0 Å². The minimum absolute atomic E-state index is 0.0217. The predicted octanol–water partition coefficient (Wildman–Crippen LogP) is 4.92. The van der Waals surface area contributed by atoms with Crippen LogP contribution in [0, 0.1) is 6.92 Å². The Morgan fingerprint density at radius 1 is 1.03 bits per heavy atom. The van der Waals surface area contributed by atoms with Crippen molar-refractivity contribution in [1.82, 2.24) is 10.2 Å². The second-order valence-electron chi connectivity index (χ2n) is 8.48. The van der Waals surface area contributed by atoms with Gasteiger partial charge in [-0.05, 0) is 37.0 Å². The maximum atomic E-state index is 13.1. The topological polar surface area (TPSA) is 49.4 Å². The quantitative estimate of drug-likeness (QED) is 0.737. The molecular weight excluding hydrogens is 360 g/mol. The van der Waals surface area contributed by atoms with Gasteiger partial charge in [0.1, 0.15) is 0 Å². The van der Waals surface area contributed by atoms with E-state index in [4.69, 9.17) is 0 Å². The Balaban J connectivity index is 1.54. The highest BCUT2D eigenvalue weighted by molar-refractivity contribution is 5.98. The van der Waals surface area contributed by atoms with Crippen LogP contribution >= 0.6 is 0 Å². The average molecular weight is 391 g/mol. The maximum Gasteiger partial charge on any atom is 0.255 e. The molecule has 1 heterocycles. The Labute approximate surface area is 173 Å². The molecule has 0 aromatic heterocycles. The van der Waals surface area contributed by atoms with Gasteiger partial charge in [0, 0.05) is 18.2 Å². The third kappa shape index (κ3) is 4.52. The van der Waals surface area contributed by atoms with E-state index in [-0.39, 0.29) is 23.9 Å². The first kappa shape index (κ1) is 19.7. The second-order valence-corrected chi connectivity index (χ2v) is 8.48. The Bertz CT molecular complexity index is 867. The number of fused-ring (bicyclic) bond motifs is 1. The SMILES string of the molecule is Cc1ccc([C@@H](CC(=O)NC2CCCCCC2)N2Cc3ccccc3C2=O)cc1. The first-order valence-corrected chi connectivity index (χ1v) is 10.9. The first-order valence-electron chi connectivity index (χ1n) is 10.9. The van der Waals surface area contributed by atoms with Gasteiger partial charge in [0.05, 0.1) is 12.5 Å². The van der Waals surface area contributed by atoms with Crippen LogP contribution in [0.1, 0.15) is 78.0 Å². The lowest BCUT2D eigenvalue weighted by Crippen LogP contribution is -2.38. The summed E-state index contributed by atoms with van der Waals surface area (Å²) >= 11 is 0. The highest BCUT2D eigenvalue weighted by Crippen LogP contribution is 2.33. The van der Waals surface area contributed by atoms with Crippen LogP contribution in [0.4, 0.5) is 0 Å². The Morgan fingerprint density at radius 3 is 2.41 bits per heavy atom. The summed E-state index contributed by atoms with van der Waals surface area (Å²) in [6, 6.07) is 16.0. The van der Waals surface area contributed by atoms with Gasteiger partial charge < -0.3 is 10.2 Å². The number of amides is 2. The van der Waals surface area contributed by atoms with Gasteiger partial charge in [0.2, 0.25) is 5.91 Å². The van der Waals surface area contributed by atoms with E-state index in [2.05, 4.69) is 36.5 Å². The fourth-order valence-corrected chi connectivity index (χ4v) is 4.61. The summed E-state index contributed by atoms with van der Waals surface area (Å²) in [5.41, 5.74) is 3.99. The van der Waals surface area contributed by atoms with Gasteiger partial charge in [-0.15, -0.1) is 0 Å². The maximum absolute atomic E-state index is 13.1. The van der Waals surface area contributed by atoms with Crippen molar-refractivity contribution in [1.29, 1.82) is 0 Å². The van der Waals surface area contributed by atoms with Crippen molar-refractivity contribution >= 4 is 11.8 Å². The monoisotopic (exact) mass is 390 g/mol. The van der Waals surface area contributed by atoms with Crippen LogP contribution in [0.2, 0.25) is 0 Å². The molecular formula is C25H30N2O2. The minimum Gasteiger partial charge on any atom is -0.353 e. The molecule has 1 N–H and O–H groups in total. The molecule has 2 aromatic rings. The summed E-state index contributed by atoms with van der Waals surface area (Å²) in [5, 5.41) is 3.25. The number of hydrogen-bond donors (Lipinski definition) is 1. The second kappa shape index (κ2) is 8.81. The van der Waals surface area contributed by atoms with E-state index in [0.717, 1.165) is 29.5 Å². The summed E-state index contributed by atoms with van der Waals surface area (Å²) in [5.74, 6) is 0.0691. The minimum atomic E-state index is -0.249. The molecule has 1 aliphatic heterocycles. The molecule has 1 fully saturated rings. The zero-order valence-electron chi connectivity index (χ0n) is 17.2. The average Bonchev–Trinajstić information content (AvgIpc) is 2.88. The highest BCUT2D eigenvalue weighted by atomic mass is 16.2. The molecule has 4 rings (SSSR count). The van der Waals surface area contributed by atoms with E-state index in [9.17, 15) is 9.59 Å². The Kier molecular flexibility index (Phi) is 5.98. The molecule has 1 saturated carbocycles. The van der Waals surface area contributed by atoms with Crippen LogP contribution in [-0.4, -0.2) is 22.8 Å². The molecule has 4 heteroatoms. The molecule has 4 nitrogen and oxygen atoms in total. The molecule has 2 aliphatic rings. The molecule has 1 atom stereocenters. The Hall–Kier alpha value is -2.62. The van der Waals surface area contributed by atoms with Gasteiger partial charge in [0.25, 0.3) is 5.91 Å². The highest BCUT2D eigenvalue weighted by Gasteiger charge is 2.34. The standard InChI is InChI=1S/C25H30N2O2/c1-18-12-14-19(15-13-18)23(16-24(28)26-21-9-4-2-3-5-10-21)27-17-20-8-6-7-11-22(20)25(27)29/h6-8,11-15,21,23H,2-5,9-10,16-17H2,1H3,(H,26,28)/t23-/m1/s1. The van der Waals surface area contributed by atoms with E-state index in [0.29, 0.717) is 13.0 Å². The van der Waals surface area contributed by atoms with Crippen molar-refractivity contribution in [2.45, 2.75) is 70.5 Å². The number of benzene rings is 2. The molecule has 0 radical (unpaired) electrons. The van der Waals surface area contributed by atoms with Crippen LogP contribution in [0.5, 0.6) is 0 Å². The van der Waals surface area contributed by atoms with Gasteiger partial charge in [0.15, 0.2) is 0 Å². The largest absolute Gasteiger partial charge is 0.353 e. The summed E-state index contributed by atoms with van der Waals surface area (Å²) in [6.07, 6.45) is 7.33. The van der Waals surface area contributed by atoms with E-state index < -0.39 is 0 Å². The fraction of sp³-hybridized carbons (Fsp3) is 0.440. The molecule has 1 aliphatic carbocycles. The van der Waals surface area contributed by atoms with Gasteiger partial charge in [-0.1, -0.05) is 73.7 Å². The number of nitrogens with one attached hydrogen (secondary N) is 1. The zero-order chi connectivity index (χ0) is 20.2. The fourth-order valence-electron chi connectivity index (χ4n) is 4.61. The smallest absolute Gasteiger partial charge is 0.255 e. The molecule has 0 unspecified atom stereocenters. The normalized spacial score (nSPS) is 18.2. The van der Waals surface area contributed by atoms with Crippen molar-refractivity contribution in [3.8, 4) is 0 Å². The van der Waals surface area contributed by atoms with Crippen molar-refractivity contribution in [3.05, 3.63) is 70.8 Å². The van der Waals surface area contributed by atoms with Crippen LogP contribution in [-0.2, 0) is 11.3 Å². The first-order chi connectivity index (χ1) is 14.1.